The molecule has 1 aromatic carbocycles. The normalized spacial score (nSPS) is 11.9. The third-order valence-corrected chi connectivity index (χ3v) is 2.89. The summed E-state index contributed by atoms with van der Waals surface area (Å²) in [6.07, 6.45) is 4.30. The fraction of sp³-hybridized carbons (Fsp3) is 0.455. The van der Waals surface area contributed by atoms with E-state index in [4.69, 9.17) is 5.73 Å². The van der Waals surface area contributed by atoms with Crippen LogP contribution in [0.15, 0.2) is 29.2 Å². The summed E-state index contributed by atoms with van der Waals surface area (Å²) in [7, 11) is 0. The van der Waals surface area contributed by atoms with Gasteiger partial charge in [-0.25, -0.2) is 0 Å². The molecule has 0 aliphatic rings. The lowest BCUT2D eigenvalue weighted by atomic mass is 10.0. The average Bonchev–Trinajstić information content (AvgIpc) is 2.18. The Hall–Kier alpha value is -0.180. The smallest absolute Gasteiger partial charge is 0.0294 e. The summed E-state index contributed by atoms with van der Waals surface area (Å²) >= 11 is 1.76. The Kier molecular flexibility index (Phi) is 7.06. The fourth-order valence-electron chi connectivity index (χ4n) is 1.33. The fourth-order valence-corrected chi connectivity index (χ4v) is 1.74. The zero-order chi connectivity index (χ0) is 9.68. The van der Waals surface area contributed by atoms with E-state index in [2.05, 4.69) is 37.4 Å². The first-order valence-electron chi connectivity index (χ1n) is 4.67. The Morgan fingerprint density at radius 3 is 2.29 bits per heavy atom. The highest BCUT2D eigenvalue weighted by Crippen LogP contribution is 2.20. The van der Waals surface area contributed by atoms with Crippen molar-refractivity contribution in [2.45, 2.75) is 30.7 Å². The Balaban J connectivity index is 0.00000169. The number of hydrogen-bond acceptors (Lipinski definition) is 2. The number of nitrogens with two attached hydrogens (primary N) is 1. The van der Waals surface area contributed by atoms with Crippen molar-refractivity contribution in [3.63, 3.8) is 0 Å². The molecule has 1 atom stereocenters. The number of rotatable bonds is 4. The van der Waals surface area contributed by atoms with Crippen LogP contribution in [0.2, 0.25) is 0 Å². The third-order valence-electron chi connectivity index (χ3n) is 2.14. The minimum absolute atomic E-state index is 0. The van der Waals surface area contributed by atoms with Gasteiger partial charge in [0.25, 0.3) is 0 Å². The lowest BCUT2D eigenvalue weighted by Gasteiger charge is -2.10. The van der Waals surface area contributed by atoms with Gasteiger partial charge >= 0.3 is 0 Å². The molecule has 0 saturated heterocycles. The lowest BCUT2D eigenvalue weighted by Crippen LogP contribution is -2.09. The van der Waals surface area contributed by atoms with Crippen molar-refractivity contribution in [2.24, 2.45) is 5.73 Å². The number of thioether (sulfide) groups is 1. The van der Waals surface area contributed by atoms with E-state index in [1.54, 1.807) is 11.8 Å². The molecule has 1 nitrogen and oxygen atoms in total. The van der Waals surface area contributed by atoms with Gasteiger partial charge in [-0.3, -0.25) is 0 Å². The molecule has 14 heavy (non-hydrogen) atoms. The predicted octanol–water partition coefficient (Wildman–Crippen LogP) is 3.63. The van der Waals surface area contributed by atoms with Crippen molar-refractivity contribution in [1.82, 2.24) is 0 Å². The van der Waals surface area contributed by atoms with E-state index in [1.165, 1.54) is 10.5 Å². The van der Waals surface area contributed by atoms with Gasteiger partial charge in [0.1, 0.15) is 0 Å². The molecule has 0 saturated carbocycles. The van der Waals surface area contributed by atoms with Crippen LogP contribution < -0.4 is 5.73 Å². The van der Waals surface area contributed by atoms with Crippen LogP contribution in [-0.2, 0) is 0 Å². The summed E-state index contributed by atoms with van der Waals surface area (Å²) in [5.41, 5.74) is 7.24. The minimum atomic E-state index is 0. The molecule has 80 valence electrons. The summed E-state index contributed by atoms with van der Waals surface area (Å²) in [6, 6.07) is 8.74. The van der Waals surface area contributed by atoms with Gasteiger partial charge in [0.15, 0.2) is 0 Å². The van der Waals surface area contributed by atoms with Gasteiger partial charge in [0.2, 0.25) is 0 Å². The van der Waals surface area contributed by atoms with E-state index < -0.39 is 0 Å². The molecule has 0 spiro atoms. The highest BCUT2D eigenvalue weighted by molar-refractivity contribution is 7.98. The molecule has 0 unspecified atom stereocenters. The minimum Gasteiger partial charge on any atom is -0.324 e. The molecule has 0 fully saturated rings. The van der Waals surface area contributed by atoms with E-state index >= 15 is 0 Å². The lowest BCUT2D eigenvalue weighted by molar-refractivity contribution is 0.638. The van der Waals surface area contributed by atoms with Crippen LogP contribution in [0.25, 0.3) is 0 Å². The summed E-state index contributed by atoms with van der Waals surface area (Å²) in [6.45, 7) is 2.16. The molecule has 2 N–H and O–H groups in total. The molecular formula is C11H18ClNS. The molecular weight excluding hydrogens is 214 g/mol. The van der Waals surface area contributed by atoms with Gasteiger partial charge in [-0.1, -0.05) is 25.5 Å². The van der Waals surface area contributed by atoms with Crippen LogP contribution in [0.5, 0.6) is 0 Å². The summed E-state index contributed by atoms with van der Waals surface area (Å²) in [5.74, 6) is 0. The average molecular weight is 232 g/mol. The largest absolute Gasteiger partial charge is 0.324 e. The Morgan fingerprint density at radius 2 is 1.86 bits per heavy atom. The standard InChI is InChI=1S/C11H17NS.ClH/c1-3-4-11(12)9-5-7-10(13-2)8-6-9;/h5-8,11H,3-4,12H2,1-2H3;1H/t11-;/m0./s1. The molecule has 0 aliphatic carbocycles. The molecule has 0 bridgehead atoms. The van der Waals surface area contributed by atoms with E-state index in [-0.39, 0.29) is 18.4 Å². The molecule has 0 aliphatic heterocycles. The molecule has 0 heterocycles. The quantitative estimate of drug-likeness (QED) is 0.801. The van der Waals surface area contributed by atoms with Gasteiger partial charge in [-0.15, -0.1) is 24.2 Å². The molecule has 0 aromatic heterocycles. The molecule has 0 amide bonds. The van der Waals surface area contributed by atoms with Gasteiger partial charge in [0.05, 0.1) is 0 Å². The Labute approximate surface area is 96.9 Å². The summed E-state index contributed by atoms with van der Waals surface area (Å²) < 4.78 is 0. The Bertz CT molecular complexity index is 248. The van der Waals surface area contributed by atoms with E-state index in [1.807, 2.05) is 0 Å². The first kappa shape index (κ1) is 13.8. The van der Waals surface area contributed by atoms with Crippen LogP contribution in [0.4, 0.5) is 0 Å². The first-order valence-corrected chi connectivity index (χ1v) is 5.90. The van der Waals surface area contributed by atoms with Crippen molar-refractivity contribution in [3.8, 4) is 0 Å². The molecule has 1 aromatic rings. The van der Waals surface area contributed by atoms with Gasteiger partial charge < -0.3 is 5.73 Å². The highest BCUT2D eigenvalue weighted by Gasteiger charge is 2.03. The SMILES string of the molecule is CCC[C@H](N)c1ccc(SC)cc1.Cl. The maximum Gasteiger partial charge on any atom is 0.0294 e. The number of hydrogen-bond donors (Lipinski definition) is 1. The third kappa shape index (κ3) is 3.91. The van der Waals surface area contributed by atoms with Crippen molar-refractivity contribution >= 4 is 24.2 Å². The first-order chi connectivity index (χ1) is 6.27. The second-order valence-corrected chi connectivity index (χ2v) is 4.05. The molecule has 3 heteroatoms. The van der Waals surface area contributed by atoms with Crippen molar-refractivity contribution in [1.29, 1.82) is 0 Å². The van der Waals surface area contributed by atoms with Crippen LogP contribution in [0, 0.1) is 0 Å². The Morgan fingerprint density at radius 1 is 1.29 bits per heavy atom. The van der Waals surface area contributed by atoms with Gasteiger partial charge in [-0.2, -0.15) is 0 Å². The number of benzene rings is 1. The van der Waals surface area contributed by atoms with Crippen molar-refractivity contribution in [2.75, 3.05) is 6.26 Å². The van der Waals surface area contributed by atoms with E-state index in [0.717, 1.165) is 12.8 Å². The summed E-state index contributed by atoms with van der Waals surface area (Å²) in [5, 5.41) is 0. The number of halogens is 1. The molecule has 0 radical (unpaired) electrons. The van der Waals surface area contributed by atoms with Crippen LogP contribution in [0.3, 0.4) is 0 Å². The predicted molar refractivity (Wildman–Crippen MR) is 67.3 cm³/mol. The van der Waals surface area contributed by atoms with E-state index in [9.17, 15) is 0 Å². The van der Waals surface area contributed by atoms with Gasteiger partial charge in [-0.05, 0) is 30.4 Å². The second-order valence-electron chi connectivity index (χ2n) is 3.17. The maximum absolute atomic E-state index is 5.99. The topological polar surface area (TPSA) is 26.0 Å². The van der Waals surface area contributed by atoms with Crippen molar-refractivity contribution < 1.29 is 0 Å². The van der Waals surface area contributed by atoms with Crippen LogP contribution in [-0.4, -0.2) is 6.26 Å². The van der Waals surface area contributed by atoms with Crippen LogP contribution in [0.1, 0.15) is 31.4 Å². The zero-order valence-electron chi connectivity index (χ0n) is 8.69. The second kappa shape index (κ2) is 7.16. The summed E-state index contributed by atoms with van der Waals surface area (Å²) in [4.78, 5) is 1.30. The van der Waals surface area contributed by atoms with Crippen molar-refractivity contribution in [3.05, 3.63) is 29.8 Å². The van der Waals surface area contributed by atoms with Gasteiger partial charge in [0, 0.05) is 10.9 Å². The van der Waals surface area contributed by atoms with Crippen LogP contribution >= 0.6 is 24.2 Å². The monoisotopic (exact) mass is 231 g/mol. The zero-order valence-corrected chi connectivity index (χ0v) is 10.3. The van der Waals surface area contributed by atoms with E-state index in [0.29, 0.717) is 0 Å². The molecule has 1 rings (SSSR count). The maximum atomic E-state index is 5.99. The highest BCUT2D eigenvalue weighted by atomic mass is 35.5.